The van der Waals surface area contributed by atoms with E-state index in [1.165, 1.54) is 11.6 Å². The average molecular weight is 527 g/mol. The number of hydrogen-bond acceptors (Lipinski definition) is 5. The Morgan fingerprint density at radius 3 is 2.26 bits per heavy atom. The molecule has 0 saturated carbocycles. The standard InChI is InChI=1S/C29H20ClN3O5/c1-32-26-23(27(35)33(2)29(32)37)21(22-24(31-26)19-5-3-4-6-20(19)25(22)34)15-9-13-18(14-10-15)38-28(36)16-7-11-17(30)12-8-16/h3-14,21,34H,1-2H3/p+1. The maximum atomic E-state index is 13.4. The van der Waals surface area contributed by atoms with E-state index in [1.807, 2.05) is 24.3 Å². The van der Waals surface area contributed by atoms with Gasteiger partial charge in [0.25, 0.3) is 11.4 Å². The molecule has 2 aliphatic rings. The van der Waals surface area contributed by atoms with Crippen molar-refractivity contribution in [2.75, 3.05) is 0 Å². The predicted molar refractivity (Wildman–Crippen MR) is 142 cm³/mol. The summed E-state index contributed by atoms with van der Waals surface area (Å²) in [5, 5.41) is 11.8. The van der Waals surface area contributed by atoms with Gasteiger partial charge in [0.2, 0.25) is 0 Å². The first-order valence-corrected chi connectivity index (χ1v) is 12.2. The summed E-state index contributed by atoms with van der Waals surface area (Å²) in [4.78, 5) is 42.0. The zero-order valence-corrected chi connectivity index (χ0v) is 21.1. The first-order chi connectivity index (χ1) is 18.3. The Balaban J connectivity index is 1.48. The Morgan fingerprint density at radius 2 is 1.58 bits per heavy atom. The fraction of sp³-hybridized carbons (Fsp3) is 0.103. The summed E-state index contributed by atoms with van der Waals surface area (Å²) in [5.74, 6) is -0.473. The molecule has 0 amide bonds. The first kappa shape index (κ1) is 23.7. The van der Waals surface area contributed by atoms with Crippen molar-refractivity contribution in [3.05, 3.63) is 132 Å². The van der Waals surface area contributed by atoms with Gasteiger partial charge in [-0.2, -0.15) is 4.57 Å². The quantitative estimate of drug-likeness (QED) is 0.315. The molecule has 1 aromatic heterocycles. The van der Waals surface area contributed by atoms with Crippen LogP contribution < -0.4 is 21.0 Å². The second-order valence-electron chi connectivity index (χ2n) is 9.17. The van der Waals surface area contributed by atoms with Crippen LogP contribution in [0.1, 0.15) is 38.5 Å². The van der Waals surface area contributed by atoms with Gasteiger partial charge in [-0.15, -0.1) is 0 Å². The maximum absolute atomic E-state index is 13.4. The van der Waals surface area contributed by atoms with E-state index in [0.717, 1.165) is 10.1 Å². The van der Waals surface area contributed by atoms with Gasteiger partial charge in [0.15, 0.2) is 0 Å². The summed E-state index contributed by atoms with van der Waals surface area (Å²) >= 11 is 5.90. The zero-order valence-electron chi connectivity index (χ0n) is 20.4. The van der Waals surface area contributed by atoms with Gasteiger partial charge in [-0.3, -0.25) is 4.79 Å². The SMILES string of the molecule is Cn1c2c(c(=O)n(C)c1=O)C(c1ccc(OC(=O)c3ccc(Cl)cc3)cc1)C1=C(O)c3ccccc3C1=[NH+]2. The monoisotopic (exact) mass is 526 g/mol. The molecule has 0 fully saturated rings. The average Bonchev–Trinajstić information content (AvgIpc) is 3.22. The van der Waals surface area contributed by atoms with Crippen LogP contribution in [0.5, 0.6) is 5.75 Å². The van der Waals surface area contributed by atoms with E-state index < -0.39 is 23.1 Å². The van der Waals surface area contributed by atoms with Crippen LogP contribution in [-0.2, 0) is 14.1 Å². The topological polar surface area (TPSA) is 105 Å². The van der Waals surface area contributed by atoms with Crippen molar-refractivity contribution in [1.29, 1.82) is 0 Å². The summed E-state index contributed by atoms with van der Waals surface area (Å²) < 4.78 is 7.97. The third-order valence-electron chi connectivity index (χ3n) is 7.00. The number of halogens is 1. The van der Waals surface area contributed by atoms with E-state index in [-0.39, 0.29) is 5.76 Å². The number of allylic oxidation sites excluding steroid dienone is 1. The minimum absolute atomic E-state index is 0.0629. The fourth-order valence-electron chi connectivity index (χ4n) is 5.09. The van der Waals surface area contributed by atoms with Crippen LogP contribution in [0.3, 0.4) is 0 Å². The van der Waals surface area contributed by atoms with Crippen LogP contribution >= 0.6 is 11.6 Å². The number of nitrogens with zero attached hydrogens (tertiary/aromatic N) is 2. The second kappa shape index (κ2) is 8.71. The number of carbonyl (C=O) groups excluding carboxylic acids is 1. The lowest BCUT2D eigenvalue weighted by molar-refractivity contribution is -0.364. The van der Waals surface area contributed by atoms with Gasteiger partial charge in [0, 0.05) is 23.2 Å². The molecule has 0 saturated heterocycles. The molecule has 6 rings (SSSR count). The number of benzene rings is 3. The summed E-state index contributed by atoms with van der Waals surface area (Å²) in [7, 11) is 3.03. The summed E-state index contributed by atoms with van der Waals surface area (Å²) in [6, 6.07) is 20.5. The lowest BCUT2D eigenvalue weighted by Gasteiger charge is -2.24. The van der Waals surface area contributed by atoms with E-state index in [1.54, 1.807) is 55.6 Å². The minimum Gasteiger partial charge on any atom is -0.507 e. The van der Waals surface area contributed by atoms with Crippen molar-refractivity contribution < 1.29 is 19.6 Å². The molecule has 1 aliphatic carbocycles. The summed E-state index contributed by atoms with van der Waals surface area (Å²) in [6.07, 6.45) is 0. The molecule has 9 heteroatoms. The molecule has 1 atom stereocenters. The molecule has 2 heterocycles. The Morgan fingerprint density at radius 1 is 0.921 bits per heavy atom. The molecule has 38 heavy (non-hydrogen) atoms. The second-order valence-corrected chi connectivity index (χ2v) is 9.61. The highest BCUT2D eigenvalue weighted by atomic mass is 35.5. The Labute approximate surface area is 221 Å². The highest BCUT2D eigenvalue weighted by Crippen LogP contribution is 2.43. The molecule has 3 aromatic carbocycles. The molecule has 0 bridgehead atoms. The number of carbonyl (C=O) groups is 1. The van der Waals surface area contributed by atoms with Crippen LogP contribution in [0.2, 0.25) is 5.02 Å². The van der Waals surface area contributed by atoms with Crippen LogP contribution in [-0.4, -0.2) is 25.9 Å². The minimum atomic E-state index is -0.680. The van der Waals surface area contributed by atoms with Gasteiger partial charge in [-0.25, -0.2) is 19.1 Å². The third-order valence-corrected chi connectivity index (χ3v) is 7.25. The predicted octanol–water partition coefficient (Wildman–Crippen LogP) is 2.59. The van der Waals surface area contributed by atoms with Crippen molar-refractivity contribution in [1.82, 2.24) is 9.13 Å². The van der Waals surface area contributed by atoms with Crippen molar-refractivity contribution in [3.63, 3.8) is 0 Å². The number of rotatable bonds is 3. The number of fused-ring (bicyclic) bond motifs is 4. The highest BCUT2D eigenvalue weighted by Gasteiger charge is 2.44. The molecule has 0 spiro atoms. The smallest absolute Gasteiger partial charge is 0.417 e. The zero-order chi connectivity index (χ0) is 26.7. The van der Waals surface area contributed by atoms with Crippen molar-refractivity contribution >= 4 is 34.9 Å². The van der Waals surface area contributed by atoms with E-state index >= 15 is 0 Å². The third kappa shape index (κ3) is 3.53. The first-order valence-electron chi connectivity index (χ1n) is 11.8. The molecule has 4 aromatic rings. The fourth-order valence-corrected chi connectivity index (χ4v) is 5.22. The normalized spacial score (nSPS) is 15.4. The summed E-state index contributed by atoms with van der Waals surface area (Å²) in [5.41, 5.74) is 3.03. The molecule has 1 unspecified atom stereocenters. The number of aliphatic hydroxyl groups excluding tert-OH is 1. The van der Waals surface area contributed by atoms with Crippen LogP contribution in [0.15, 0.2) is 88.0 Å². The van der Waals surface area contributed by atoms with Gasteiger partial charge in [0.1, 0.15) is 22.8 Å². The van der Waals surface area contributed by atoms with E-state index in [2.05, 4.69) is 4.99 Å². The van der Waals surface area contributed by atoms with E-state index in [0.29, 0.717) is 50.1 Å². The van der Waals surface area contributed by atoms with Crippen LogP contribution in [0.4, 0.5) is 5.82 Å². The van der Waals surface area contributed by atoms with Gasteiger partial charge in [0.05, 0.1) is 24.1 Å². The molecule has 1 aliphatic heterocycles. The lowest BCUT2D eigenvalue weighted by Crippen LogP contribution is -2.73. The van der Waals surface area contributed by atoms with Crippen molar-refractivity contribution in [3.8, 4) is 5.75 Å². The van der Waals surface area contributed by atoms with Crippen molar-refractivity contribution in [2.24, 2.45) is 14.1 Å². The van der Waals surface area contributed by atoms with Gasteiger partial charge >= 0.3 is 11.7 Å². The molecule has 0 radical (unpaired) electrons. The van der Waals surface area contributed by atoms with Gasteiger partial charge in [-0.1, -0.05) is 41.9 Å². The Kier molecular flexibility index (Phi) is 5.43. The maximum Gasteiger partial charge on any atom is 0.417 e. The molecular weight excluding hydrogens is 506 g/mol. The van der Waals surface area contributed by atoms with Crippen molar-refractivity contribution in [2.45, 2.75) is 5.92 Å². The Hall–Kier alpha value is -4.69. The number of aliphatic hydroxyl groups is 1. The number of aromatic nitrogens is 2. The number of ether oxygens (including phenoxy) is 1. The number of nitrogens with one attached hydrogen (secondary N) is 1. The molecule has 188 valence electrons. The van der Waals surface area contributed by atoms with Gasteiger partial charge < -0.3 is 9.84 Å². The summed E-state index contributed by atoms with van der Waals surface area (Å²) in [6.45, 7) is 0. The van der Waals surface area contributed by atoms with Crippen LogP contribution in [0, 0.1) is 0 Å². The molecule has 2 N–H and O–H groups in total. The molecule has 8 nitrogen and oxygen atoms in total. The van der Waals surface area contributed by atoms with Gasteiger partial charge in [-0.05, 0) is 48.0 Å². The molecular formula is C29H21ClN3O5+. The lowest BCUT2D eigenvalue weighted by atomic mass is 9.81. The largest absolute Gasteiger partial charge is 0.507 e. The van der Waals surface area contributed by atoms with E-state index in [4.69, 9.17) is 16.3 Å². The van der Waals surface area contributed by atoms with Crippen LogP contribution in [0.25, 0.3) is 5.76 Å². The Bertz CT molecular complexity index is 1830. The highest BCUT2D eigenvalue weighted by molar-refractivity contribution is 6.30. The number of esters is 1. The number of hydrogen-bond donors (Lipinski definition) is 2. The van der Waals surface area contributed by atoms with E-state index in [9.17, 15) is 19.5 Å².